The van der Waals surface area contributed by atoms with Crippen LogP contribution in [0.4, 0.5) is 13.2 Å². The zero-order chi connectivity index (χ0) is 14.9. The maximum atomic E-state index is 12.7. The highest BCUT2D eigenvalue weighted by Gasteiger charge is 2.31. The molecule has 0 saturated heterocycles. The molecular weight excluding hydrogens is 289 g/mol. The molecule has 0 amide bonds. The van der Waals surface area contributed by atoms with E-state index in [0.717, 1.165) is 18.6 Å². The quantitative estimate of drug-likeness (QED) is 0.739. The summed E-state index contributed by atoms with van der Waals surface area (Å²) in [6.07, 6.45) is -3.42. The van der Waals surface area contributed by atoms with Crippen molar-refractivity contribution in [2.45, 2.75) is 38.9 Å². The van der Waals surface area contributed by atoms with Gasteiger partial charge in [0.15, 0.2) is 0 Å². The third-order valence-corrected chi connectivity index (χ3v) is 3.44. The minimum Gasteiger partial charge on any atom is -0.327 e. The molecule has 1 aromatic carbocycles. The molecule has 0 N–H and O–H groups in total. The number of halogens is 4. The van der Waals surface area contributed by atoms with Crippen LogP contribution in [0.1, 0.15) is 31.7 Å². The number of nitrogens with zero attached hydrogens (tertiary/aromatic N) is 2. The van der Waals surface area contributed by atoms with E-state index in [0.29, 0.717) is 29.3 Å². The third-order valence-electron chi connectivity index (χ3n) is 3.20. The molecule has 0 radical (unpaired) electrons. The number of benzene rings is 1. The van der Waals surface area contributed by atoms with Crippen LogP contribution in [0.2, 0.25) is 0 Å². The molecule has 0 fully saturated rings. The number of aryl methyl sites for hydroxylation is 1. The maximum Gasteiger partial charge on any atom is 0.416 e. The van der Waals surface area contributed by atoms with Gasteiger partial charge < -0.3 is 4.57 Å². The molecule has 0 atom stereocenters. The first-order valence-corrected chi connectivity index (χ1v) is 6.98. The SMILES string of the molecule is CC(C)CCn1c(CCl)nc2cc(C(F)(F)F)ccc21. The number of rotatable bonds is 4. The summed E-state index contributed by atoms with van der Waals surface area (Å²) in [4.78, 5) is 4.21. The normalized spacial score (nSPS) is 12.6. The zero-order valence-corrected chi connectivity index (χ0v) is 12.1. The molecular formula is C14H16ClF3N2. The molecule has 0 aliphatic rings. The van der Waals surface area contributed by atoms with Gasteiger partial charge in [-0.2, -0.15) is 13.2 Å². The van der Waals surface area contributed by atoms with Crippen molar-refractivity contribution in [1.29, 1.82) is 0 Å². The number of imidazole rings is 1. The van der Waals surface area contributed by atoms with E-state index >= 15 is 0 Å². The molecule has 20 heavy (non-hydrogen) atoms. The summed E-state index contributed by atoms with van der Waals surface area (Å²) >= 11 is 5.84. The number of aromatic nitrogens is 2. The van der Waals surface area contributed by atoms with Gasteiger partial charge in [0.1, 0.15) is 5.82 Å². The van der Waals surface area contributed by atoms with Gasteiger partial charge in [-0.3, -0.25) is 0 Å². The van der Waals surface area contributed by atoms with E-state index in [2.05, 4.69) is 18.8 Å². The van der Waals surface area contributed by atoms with E-state index in [1.54, 1.807) is 0 Å². The number of fused-ring (bicyclic) bond motifs is 1. The minimum absolute atomic E-state index is 0.189. The van der Waals surface area contributed by atoms with E-state index in [1.165, 1.54) is 6.07 Å². The molecule has 0 spiro atoms. The smallest absolute Gasteiger partial charge is 0.327 e. The molecule has 1 aromatic heterocycles. The van der Waals surface area contributed by atoms with Gasteiger partial charge in [-0.1, -0.05) is 13.8 Å². The van der Waals surface area contributed by atoms with Gasteiger partial charge in [0, 0.05) is 6.54 Å². The van der Waals surface area contributed by atoms with Crippen LogP contribution in [0.25, 0.3) is 11.0 Å². The summed E-state index contributed by atoms with van der Waals surface area (Å²) < 4.78 is 40.0. The fraction of sp³-hybridized carbons (Fsp3) is 0.500. The van der Waals surface area contributed by atoms with E-state index in [1.807, 2.05) is 4.57 Å². The molecule has 110 valence electrons. The van der Waals surface area contributed by atoms with Crippen LogP contribution in [0.5, 0.6) is 0 Å². The van der Waals surface area contributed by atoms with Gasteiger partial charge in [-0.25, -0.2) is 4.98 Å². The Morgan fingerprint density at radius 1 is 1.30 bits per heavy atom. The van der Waals surface area contributed by atoms with Crippen LogP contribution in [0, 0.1) is 5.92 Å². The van der Waals surface area contributed by atoms with E-state index in [-0.39, 0.29) is 5.88 Å². The van der Waals surface area contributed by atoms with Crippen LogP contribution in [-0.2, 0) is 18.6 Å². The number of hydrogen-bond acceptors (Lipinski definition) is 1. The minimum atomic E-state index is -4.35. The summed E-state index contributed by atoms with van der Waals surface area (Å²) in [6, 6.07) is 3.65. The fourth-order valence-electron chi connectivity index (χ4n) is 2.09. The van der Waals surface area contributed by atoms with Crippen molar-refractivity contribution in [2.24, 2.45) is 5.92 Å². The Bertz CT molecular complexity index is 602. The van der Waals surface area contributed by atoms with Crippen LogP contribution >= 0.6 is 11.6 Å². The standard InChI is InChI=1S/C14H16ClF3N2/c1-9(2)5-6-20-12-4-3-10(14(16,17)18)7-11(12)19-13(20)8-15/h3-4,7,9H,5-6,8H2,1-2H3. The lowest BCUT2D eigenvalue weighted by Gasteiger charge is -2.10. The maximum absolute atomic E-state index is 12.7. The molecule has 6 heteroatoms. The lowest BCUT2D eigenvalue weighted by molar-refractivity contribution is -0.137. The van der Waals surface area contributed by atoms with Crippen molar-refractivity contribution in [3.8, 4) is 0 Å². The summed E-state index contributed by atoms with van der Waals surface area (Å²) in [5.41, 5.74) is 0.369. The molecule has 0 bridgehead atoms. The monoisotopic (exact) mass is 304 g/mol. The second kappa shape index (κ2) is 5.64. The zero-order valence-electron chi connectivity index (χ0n) is 11.3. The Balaban J connectivity index is 2.46. The Morgan fingerprint density at radius 3 is 2.55 bits per heavy atom. The van der Waals surface area contributed by atoms with Crippen LogP contribution in [0.15, 0.2) is 18.2 Å². The van der Waals surface area contributed by atoms with Gasteiger partial charge in [-0.15, -0.1) is 11.6 Å². The summed E-state index contributed by atoms with van der Waals surface area (Å²) in [5.74, 6) is 1.31. The Morgan fingerprint density at radius 2 is 2.00 bits per heavy atom. The number of alkyl halides is 4. The Labute approximate surface area is 120 Å². The molecule has 0 aliphatic heterocycles. The van der Waals surface area contributed by atoms with Gasteiger partial charge >= 0.3 is 6.18 Å². The van der Waals surface area contributed by atoms with Crippen LogP contribution in [0.3, 0.4) is 0 Å². The molecule has 2 aromatic rings. The highest BCUT2D eigenvalue weighted by atomic mass is 35.5. The average Bonchev–Trinajstić information content (AvgIpc) is 2.71. The van der Waals surface area contributed by atoms with Crippen molar-refractivity contribution in [3.05, 3.63) is 29.6 Å². The molecule has 0 aliphatic carbocycles. The predicted molar refractivity (Wildman–Crippen MR) is 73.7 cm³/mol. The van der Waals surface area contributed by atoms with Gasteiger partial charge in [0.05, 0.1) is 22.5 Å². The van der Waals surface area contributed by atoms with E-state index < -0.39 is 11.7 Å². The lowest BCUT2D eigenvalue weighted by Crippen LogP contribution is -2.06. The molecule has 0 saturated carbocycles. The van der Waals surface area contributed by atoms with Gasteiger partial charge in [0.25, 0.3) is 0 Å². The van der Waals surface area contributed by atoms with E-state index in [4.69, 9.17) is 11.6 Å². The molecule has 2 nitrogen and oxygen atoms in total. The lowest BCUT2D eigenvalue weighted by atomic mass is 10.1. The molecule has 0 unspecified atom stereocenters. The highest BCUT2D eigenvalue weighted by Crippen LogP contribution is 2.31. The van der Waals surface area contributed by atoms with E-state index in [9.17, 15) is 13.2 Å². The van der Waals surface area contributed by atoms with Crippen molar-refractivity contribution in [1.82, 2.24) is 9.55 Å². The molecule has 2 rings (SSSR count). The summed E-state index contributed by atoms with van der Waals surface area (Å²) in [7, 11) is 0. The van der Waals surface area contributed by atoms with Crippen molar-refractivity contribution in [3.63, 3.8) is 0 Å². The first-order chi connectivity index (χ1) is 9.32. The third kappa shape index (κ3) is 3.08. The summed E-state index contributed by atoms with van der Waals surface area (Å²) in [5, 5.41) is 0. The average molecular weight is 305 g/mol. The topological polar surface area (TPSA) is 17.8 Å². The second-order valence-corrected chi connectivity index (χ2v) is 5.46. The van der Waals surface area contributed by atoms with Crippen molar-refractivity contribution >= 4 is 22.6 Å². The summed E-state index contributed by atoms with van der Waals surface area (Å²) in [6.45, 7) is 4.91. The first-order valence-electron chi connectivity index (χ1n) is 6.45. The highest BCUT2D eigenvalue weighted by molar-refractivity contribution is 6.16. The largest absolute Gasteiger partial charge is 0.416 e. The second-order valence-electron chi connectivity index (χ2n) is 5.20. The molecule has 1 heterocycles. The van der Waals surface area contributed by atoms with Crippen molar-refractivity contribution < 1.29 is 13.2 Å². The van der Waals surface area contributed by atoms with Crippen molar-refractivity contribution in [2.75, 3.05) is 0 Å². The fourth-order valence-corrected chi connectivity index (χ4v) is 2.30. The van der Waals surface area contributed by atoms with Crippen LogP contribution < -0.4 is 0 Å². The van der Waals surface area contributed by atoms with Gasteiger partial charge in [0.2, 0.25) is 0 Å². The Hall–Kier alpha value is -1.23. The first kappa shape index (κ1) is 15.2. The number of hydrogen-bond donors (Lipinski definition) is 0. The predicted octanol–water partition coefficient (Wildman–Crippen LogP) is 4.84. The van der Waals surface area contributed by atoms with Crippen LogP contribution in [-0.4, -0.2) is 9.55 Å². The van der Waals surface area contributed by atoms with Gasteiger partial charge in [-0.05, 0) is 30.5 Å². The Kier molecular flexibility index (Phi) is 4.28.